The van der Waals surface area contributed by atoms with Crippen molar-refractivity contribution in [3.05, 3.63) is 54.1 Å². The van der Waals surface area contributed by atoms with Crippen LogP contribution in [0.1, 0.15) is 28.9 Å². The second-order valence-electron chi connectivity index (χ2n) is 6.33. The zero-order valence-electron chi connectivity index (χ0n) is 14.1. The molecule has 1 atom stereocenters. The molecule has 2 aromatic heterocycles. The smallest absolute Gasteiger partial charge is 0.254 e. The van der Waals surface area contributed by atoms with Gasteiger partial charge in [0.15, 0.2) is 0 Å². The van der Waals surface area contributed by atoms with Crippen LogP contribution < -0.4 is 4.74 Å². The first-order valence-corrected chi connectivity index (χ1v) is 8.51. The number of aromatic amines is 1. The highest BCUT2D eigenvalue weighted by Gasteiger charge is 2.30. The van der Waals surface area contributed by atoms with Crippen molar-refractivity contribution >= 4 is 16.9 Å². The van der Waals surface area contributed by atoms with Crippen molar-refractivity contribution in [2.75, 3.05) is 13.2 Å². The fourth-order valence-corrected chi connectivity index (χ4v) is 3.32. The summed E-state index contributed by atoms with van der Waals surface area (Å²) in [5.41, 5.74) is 3.29. The quantitative estimate of drug-likeness (QED) is 0.795. The molecule has 128 valence electrons. The number of amides is 1. The summed E-state index contributed by atoms with van der Waals surface area (Å²) in [6, 6.07) is 9.44. The normalized spacial score (nSPS) is 17.2. The van der Waals surface area contributed by atoms with Gasteiger partial charge in [0.1, 0.15) is 12.4 Å². The van der Waals surface area contributed by atoms with Crippen LogP contribution in [0.4, 0.5) is 0 Å². The molecule has 0 saturated carbocycles. The van der Waals surface area contributed by atoms with Crippen molar-refractivity contribution < 1.29 is 9.53 Å². The summed E-state index contributed by atoms with van der Waals surface area (Å²) >= 11 is 0. The number of nitrogens with zero attached hydrogens (tertiary/aromatic N) is 3. The highest BCUT2D eigenvalue weighted by Crippen LogP contribution is 2.23. The van der Waals surface area contributed by atoms with Gasteiger partial charge in [0, 0.05) is 18.3 Å². The Kier molecular flexibility index (Phi) is 4.09. The molecular formula is C19H20N4O2. The summed E-state index contributed by atoms with van der Waals surface area (Å²) in [5, 5.41) is 0. The van der Waals surface area contributed by atoms with Gasteiger partial charge in [-0.15, -0.1) is 0 Å². The molecule has 6 nitrogen and oxygen atoms in total. The SMILES string of the molecule is Cc1ncccc1OCC1CCCN1C(=O)c1ccc2nc[nH]c2c1. The van der Waals surface area contributed by atoms with Gasteiger partial charge < -0.3 is 14.6 Å². The van der Waals surface area contributed by atoms with Gasteiger partial charge in [-0.1, -0.05) is 0 Å². The summed E-state index contributed by atoms with van der Waals surface area (Å²) in [4.78, 5) is 26.3. The van der Waals surface area contributed by atoms with E-state index in [4.69, 9.17) is 4.74 Å². The number of hydrogen-bond donors (Lipinski definition) is 1. The van der Waals surface area contributed by atoms with Crippen LogP contribution in [0, 0.1) is 6.92 Å². The van der Waals surface area contributed by atoms with E-state index in [2.05, 4.69) is 15.0 Å². The van der Waals surface area contributed by atoms with E-state index >= 15 is 0 Å². The minimum atomic E-state index is 0.0468. The molecule has 0 spiro atoms. The molecule has 1 N–H and O–H groups in total. The van der Waals surface area contributed by atoms with E-state index in [1.54, 1.807) is 12.5 Å². The maximum Gasteiger partial charge on any atom is 0.254 e. The van der Waals surface area contributed by atoms with Crippen LogP contribution in [-0.2, 0) is 0 Å². The third kappa shape index (κ3) is 3.07. The number of aromatic nitrogens is 3. The third-order valence-corrected chi connectivity index (χ3v) is 4.69. The lowest BCUT2D eigenvalue weighted by Crippen LogP contribution is -2.39. The molecule has 4 rings (SSSR count). The fraction of sp³-hybridized carbons (Fsp3) is 0.316. The van der Waals surface area contributed by atoms with Crippen LogP contribution >= 0.6 is 0 Å². The summed E-state index contributed by atoms with van der Waals surface area (Å²) < 4.78 is 5.92. The lowest BCUT2D eigenvalue weighted by Gasteiger charge is -2.25. The molecule has 6 heteroatoms. The standard InChI is InChI=1S/C19H20N4O2/c1-13-18(5-2-8-20-13)25-11-15-4-3-9-23(15)19(24)14-6-7-16-17(10-14)22-12-21-16/h2,5-8,10,12,15H,3-4,9,11H2,1H3,(H,21,22). The van der Waals surface area contributed by atoms with E-state index in [1.165, 1.54) is 0 Å². The second kappa shape index (κ2) is 6.55. The van der Waals surface area contributed by atoms with Gasteiger partial charge in [-0.3, -0.25) is 9.78 Å². The predicted molar refractivity (Wildman–Crippen MR) is 94.6 cm³/mol. The molecular weight excluding hydrogens is 316 g/mol. The molecule has 0 bridgehead atoms. The van der Waals surface area contributed by atoms with Crippen LogP contribution in [0.15, 0.2) is 42.9 Å². The zero-order valence-corrected chi connectivity index (χ0v) is 14.1. The maximum atomic E-state index is 12.9. The number of carbonyl (C=O) groups is 1. The van der Waals surface area contributed by atoms with Crippen molar-refractivity contribution in [3.8, 4) is 5.75 Å². The molecule has 1 amide bonds. The first-order chi connectivity index (χ1) is 12.2. The topological polar surface area (TPSA) is 71.1 Å². The number of imidazole rings is 1. The minimum Gasteiger partial charge on any atom is -0.490 e. The highest BCUT2D eigenvalue weighted by molar-refractivity contribution is 5.97. The van der Waals surface area contributed by atoms with Crippen molar-refractivity contribution in [2.24, 2.45) is 0 Å². The van der Waals surface area contributed by atoms with E-state index in [9.17, 15) is 4.79 Å². The number of likely N-dealkylation sites (tertiary alicyclic amines) is 1. The number of pyridine rings is 1. The number of carbonyl (C=O) groups excluding carboxylic acids is 1. The Labute approximate surface area is 145 Å². The van der Waals surface area contributed by atoms with Gasteiger partial charge >= 0.3 is 0 Å². The molecule has 1 saturated heterocycles. The largest absolute Gasteiger partial charge is 0.490 e. The summed E-state index contributed by atoms with van der Waals surface area (Å²) in [6.45, 7) is 3.18. The molecule has 3 heterocycles. The molecule has 0 radical (unpaired) electrons. The second-order valence-corrected chi connectivity index (χ2v) is 6.33. The van der Waals surface area contributed by atoms with Crippen LogP contribution in [0.3, 0.4) is 0 Å². The van der Waals surface area contributed by atoms with Crippen LogP contribution in [-0.4, -0.2) is 45.0 Å². The van der Waals surface area contributed by atoms with E-state index < -0.39 is 0 Å². The van der Waals surface area contributed by atoms with Gasteiger partial charge in [-0.2, -0.15) is 0 Å². The Balaban J connectivity index is 1.48. The Morgan fingerprint density at radius 3 is 3.16 bits per heavy atom. The van der Waals surface area contributed by atoms with Crippen molar-refractivity contribution in [2.45, 2.75) is 25.8 Å². The number of H-pyrrole nitrogens is 1. The molecule has 1 aliphatic heterocycles. The van der Waals surface area contributed by atoms with E-state index in [0.717, 1.165) is 41.9 Å². The van der Waals surface area contributed by atoms with Crippen molar-refractivity contribution in [1.82, 2.24) is 19.9 Å². The molecule has 0 aliphatic carbocycles. The predicted octanol–water partition coefficient (Wildman–Crippen LogP) is 2.95. The number of ether oxygens (including phenoxy) is 1. The molecule has 1 aromatic carbocycles. The van der Waals surface area contributed by atoms with Crippen molar-refractivity contribution in [3.63, 3.8) is 0 Å². The molecule has 3 aromatic rings. The van der Waals surface area contributed by atoms with Gasteiger partial charge in [-0.05, 0) is 50.1 Å². The zero-order chi connectivity index (χ0) is 17.2. The minimum absolute atomic E-state index is 0.0468. The first kappa shape index (κ1) is 15.6. The van der Waals surface area contributed by atoms with Crippen molar-refractivity contribution in [1.29, 1.82) is 0 Å². The van der Waals surface area contributed by atoms with Gasteiger partial charge in [-0.25, -0.2) is 4.98 Å². The number of fused-ring (bicyclic) bond motifs is 1. The number of benzene rings is 1. The lowest BCUT2D eigenvalue weighted by atomic mass is 10.1. The molecule has 25 heavy (non-hydrogen) atoms. The summed E-state index contributed by atoms with van der Waals surface area (Å²) in [6.07, 6.45) is 5.34. The Morgan fingerprint density at radius 1 is 1.36 bits per heavy atom. The number of rotatable bonds is 4. The Hall–Kier alpha value is -2.89. The van der Waals surface area contributed by atoms with Gasteiger partial charge in [0.05, 0.1) is 29.1 Å². The maximum absolute atomic E-state index is 12.9. The van der Waals surface area contributed by atoms with Gasteiger partial charge in [0.2, 0.25) is 0 Å². The van der Waals surface area contributed by atoms with Gasteiger partial charge in [0.25, 0.3) is 5.91 Å². The average Bonchev–Trinajstić information content (AvgIpc) is 3.28. The Bertz CT molecular complexity index is 905. The number of aryl methyl sites for hydroxylation is 1. The number of nitrogens with one attached hydrogen (secondary N) is 1. The first-order valence-electron chi connectivity index (χ1n) is 8.51. The molecule has 1 unspecified atom stereocenters. The summed E-state index contributed by atoms with van der Waals surface area (Å²) in [7, 11) is 0. The molecule has 1 fully saturated rings. The van der Waals surface area contributed by atoms with Crippen LogP contribution in [0.2, 0.25) is 0 Å². The monoisotopic (exact) mass is 336 g/mol. The number of hydrogen-bond acceptors (Lipinski definition) is 4. The van der Waals surface area contributed by atoms with E-state index in [-0.39, 0.29) is 11.9 Å². The van der Waals surface area contributed by atoms with E-state index in [1.807, 2.05) is 42.2 Å². The molecule has 1 aliphatic rings. The van der Waals surface area contributed by atoms with Crippen LogP contribution in [0.25, 0.3) is 11.0 Å². The lowest BCUT2D eigenvalue weighted by molar-refractivity contribution is 0.0691. The summed E-state index contributed by atoms with van der Waals surface area (Å²) in [5.74, 6) is 0.825. The average molecular weight is 336 g/mol. The Morgan fingerprint density at radius 2 is 2.28 bits per heavy atom. The van der Waals surface area contributed by atoms with E-state index in [0.29, 0.717) is 12.2 Å². The third-order valence-electron chi connectivity index (χ3n) is 4.69. The highest BCUT2D eigenvalue weighted by atomic mass is 16.5. The van der Waals surface area contributed by atoms with Crippen LogP contribution in [0.5, 0.6) is 5.75 Å². The fourth-order valence-electron chi connectivity index (χ4n) is 3.32.